The fourth-order valence-corrected chi connectivity index (χ4v) is 3.23. The molecular weight excluding hydrogens is 418 g/mol. The van der Waals surface area contributed by atoms with Crippen LogP contribution < -0.4 is 14.7 Å². The number of fused-ring (bicyclic) bond motifs is 1. The Morgan fingerprint density at radius 2 is 1.90 bits per heavy atom. The van der Waals surface area contributed by atoms with Crippen molar-refractivity contribution in [3.63, 3.8) is 0 Å². The number of aromatic hydroxyl groups is 1. The Balaban J connectivity index is 1.92. The maximum Gasteiger partial charge on any atom is 0.573 e. The molecule has 0 atom stereocenters. The van der Waals surface area contributed by atoms with Crippen LogP contribution in [0.3, 0.4) is 0 Å². The van der Waals surface area contributed by atoms with Gasteiger partial charge in [0.1, 0.15) is 12.3 Å². The first-order valence-corrected chi connectivity index (χ1v) is 8.96. The lowest BCUT2D eigenvalue weighted by atomic mass is 10.1. The molecule has 4 rings (SSSR count). The predicted octanol–water partition coefficient (Wildman–Crippen LogP) is 3.44. The van der Waals surface area contributed by atoms with E-state index in [9.17, 15) is 27.5 Å². The van der Waals surface area contributed by atoms with Gasteiger partial charge in [-0.1, -0.05) is 18.2 Å². The maximum absolute atomic E-state index is 13.1. The molecule has 158 valence electrons. The van der Waals surface area contributed by atoms with Crippen molar-refractivity contribution in [2.75, 3.05) is 0 Å². The molecule has 1 aromatic carbocycles. The summed E-state index contributed by atoms with van der Waals surface area (Å²) in [6, 6.07) is 12.2. The second kappa shape index (κ2) is 7.71. The number of rotatable bonds is 4. The Kier molecular flexibility index (Phi) is 5.05. The van der Waals surface area contributed by atoms with Crippen LogP contribution in [-0.4, -0.2) is 21.0 Å². The van der Waals surface area contributed by atoms with Gasteiger partial charge < -0.3 is 9.84 Å². The van der Waals surface area contributed by atoms with Crippen LogP contribution in [0.25, 0.3) is 16.8 Å². The summed E-state index contributed by atoms with van der Waals surface area (Å²) < 4.78 is 57.5. The Morgan fingerprint density at radius 1 is 1.10 bits per heavy atom. The average Bonchev–Trinajstić information content (AvgIpc) is 2.72. The highest BCUT2D eigenvalue weighted by Gasteiger charge is 2.32. The lowest BCUT2D eigenvalue weighted by Gasteiger charge is -2.12. The van der Waals surface area contributed by atoms with E-state index in [0.717, 1.165) is 18.2 Å². The fraction of sp³-hybridized carbons (Fsp3) is 0.0952. The molecule has 0 amide bonds. The molecule has 10 heteroatoms. The van der Waals surface area contributed by atoms with Crippen LogP contribution in [0.1, 0.15) is 5.56 Å². The van der Waals surface area contributed by atoms with E-state index in [-0.39, 0.29) is 17.7 Å². The zero-order valence-electron chi connectivity index (χ0n) is 15.7. The van der Waals surface area contributed by atoms with Gasteiger partial charge in [-0.3, -0.25) is 0 Å². The minimum Gasteiger partial charge on any atom is -0.477 e. The molecule has 0 spiro atoms. The fourth-order valence-electron chi connectivity index (χ4n) is 3.23. The van der Waals surface area contributed by atoms with Crippen molar-refractivity contribution >= 4 is 5.65 Å². The molecule has 0 aliphatic heterocycles. The van der Waals surface area contributed by atoms with Crippen molar-refractivity contribution < 1.29 is 31.8 Å². The topological polar surface area (TPSA) is 68.4 Å². The third kappa shape index (κ3) is 4.18. The Hall–Kier alpha value is -3.95. The van der Waals surface area contributed by atoms with Crippen LogP contribution in [0, 0.1) is 5.95 Å². The third-order valence-corrected chi connectivity index (χ3v) is 4.51. The number of benzene rings is 1. The SMILES string of the molecule is O=c1c(-c2cccc(OC(F)(F)F)c2)c(O)n(Cc2ccc(F)nc2)c2cccc[n+]12. The number of pyridine rings is 2. The van der Waals surface area contributed by atoms with Crippen LogP contribution in [0.4, 0.5) is 17.6 Å². The van der Waals surface area contributed by atoms with E-state index in [0.29, 0.717) is 11.2 Å². The van der Waals surface area contributed by atoms with Crippen LogP contribution in [0.15, 0.2) is 71.8 Å². The summed E-state index contributed by atoms with van der Waals surface area (Å²) in [7, 11) is 0. The van der Waals surface area contributed by atoms with Gasteiger partial charge >= 0.3 is 11.9 Å². The van der Waals surface area contributed by atoms with Gasteiger partial charge in [-0.15, -0.1) is 13.2 Å². The number of halogens is 4. The molecule has 0 radical (unpaired) electrons. The largest absolute Gasteiger partial charge is 0.573 e. The first kappa shape index (κ1) is 20.3. The minimum absolute atomic E-state index is 0.0264. The summed E-state index contributed by atoms with van der Waals surface area (Å²) in [5, 5.41) is 11.0. The second-order valence-electron chi connectivity index (χ2n) is 6.58. The monoisotopic (exact) mass is 432 g/mol. The highest BCUT2D eigenvalue weighted by molar-refractivity contribution is 5.69. The Bertz CT molecular complexity index is 1320. The highest BCUT2D eigenvalue weighted by Crippen LogP contribution is 2.31. The van der Waals surface area contributed by atoms with Gasteiger partial charge in [-0.2, -0.15) is 13.4 Å². The van der Waals surface area contributed by atoms with Crippen molar-refractivity contribution in [1.29, 1.82) is 0 Å². The molecule has 3 heterocycles. The quantitative estimate of drug-likeness (QED) is 0.305. The van der Waals surface area contributed by atoms with Gasteiger partial charge in [0.15, 0.2) is 5.56 Å². The van der Waals surface area contributed by atoms with Crippen LogP contribution >= 0.6 is 0 Å². The van der Waals surface area contributed by atoms with E-state index in [1.807, 2.05) is 0 Å². The first-order chi connectivity index (χ1) is 14.7. The summed E-state index contributed by atoms with van der Waals surface area (Å²) >= 11 is 0. The van der Waals surface area contributed by atoms with Gasteiger partial charge in [0.05, 0.1) is 6.20 Å². The summed E-state index contributed by atoms with van der Waals surface area (Å²) in [4.78, 5) is 16.6. The van der Waals surface area contributed by atoms with Crippen LogP contribution in [0.2, 0.25) is 0 Å². The Labute approximate surface area is 172 Å². The average molecular weight is 432 g/mol. The van der Waals surface area contributed by atoms with Crippen LogP contribution in [0.5, 0.6) is 11.6 Å². The number of hydrogen-bond donors (Lipinski definition) is 1. The van der Waals surface area contributed by atoms with Crippen molar-refractivity contribution in [3.05, 3.63) is 88.9 Å². The molecule has 6 nitrogen and oxygen atoms in total. The lowest BCUT2D eigenvalue weighted by Crippen LogP contribution is -2.43. The summed E-state index contributed by atoms with van der Waals surface area (Å²) in [5.74, 6) is -1.67. The van der Waals surface area contributed by atoms with Crippen molar-refractivity contribution in [3.8, 4) is 22.8 Å². The van der Waals surface area contributed by atoms with Crippen molar-refractivity contribution in [2.24, 2.45) is 0 Å². The molecule has 31 heavy (non-hydrogen) atoms. The molecule has 0 bridgehead atoms. The standard InChI is InChI=1S/C21H13F4N3O3/c22-16-8-7-13(11-26-16)12-28-17-6-1-2-9-27(17)19(29)18(20(28)30)14-4-3-5-15(10-14)31-21(23,24)25/h1-11H,12H2/p+1. The van der Waals surface area contributed by atoms with Gasteiger partial charge in [0.2, 0.25) is 5.95 Å². The zero-order valence-corrected chi connectivity index (χ0v) is 15.7. The van der Waals surface area contributed by atoms with Crippen molar-refractivity contribution in [2.45, 2.75) is 12.9 Å². The van der Waals surface area contributed by atoms with Gasteiger partial charge in [0.25, 0.3) is 11.5 Å². The van der Waals surface area contributed by atoms with E-state index < -0.39 is 29.5 Å². The molecule has 0 saturated heterocycles. The first-order valence-electron chi connectivity index (χ1n) is 8.96. The number of aromatic nitrogens is 3. The van der Waals surface area contributed by atoms with Gasteiger partial charge in [0, 0.05) is 23.4 Å². The summed E-state index contributed by atoms with van der Waals surface area (Å²) in [6.45, 7) is 0.0264. The predicted molar refractivity (Wildman–Crippen MR) is 101 cm³/mol. The minimum atomic E-state index is -4.91. The normalized spacial score (nSPS) is 11.6. The van der Waals surface area contributed by atoms with E-state index in [1.54, 1.807) is 18.2 Å². The summed E-state index contributed by atoms with van der Waals surface area (Å²) in [6.07, 6.45) is -2.16. The van der Waals surface area contributed by atoms with E-state index in [2.05, 4.69) is 9.72 Å². The van der Waals surface area contributed by atoms with E-state index in [4.69, 9.17) is 0 Å². The number of ether oxygens (including phenoxy) is 1. The van der Waals surface area contributed by atoms with Gasteiger partial charge in [-0.05, 0) is 30.3 Å². The third-order valence-electron chi connectivity index (χ3n) is 4.51. The molecule has 4 aromatic rings. The molecule has 1 N–H and O–H groups in total. The molecule has 3 aromatic heterocycles. The number of hydrogen-bond acceptors (Lipinski definition) is 4. The lowest BCUT2D eigenvalue weighted by molar-refractivity contribution is -0.532. The molecule has 0 saturated carbocycles. The molecule has 0 aliphatic carbocycles. The number of alkyl halides is 3. The second-order valence-corrected chi connectivity index (χ2v) is 6.58. The maximum atomic E-state index is 13.1. The highest BCUT2D eigenvalue weighted by atomic mass is 19.4. The summed E-state index contributed by atoms with van der Waals surface area (Å²) in [5.41, 5.74) is 0.0394. The smallest absolute Gasteiger partial charge is 0.477 e. The van der Waals surface area contributed by atoms with E-state index in [1.165, 1.54) is 39.6 Å². The molecular formula is C21H14F4N3O3+. The van der Waals surface area contributed by atoms with Crippen LogP contribution in [-0.2, 0) is 6.54 Å². The molecule has 0 aliphatic rings. The van der Waals surface area contributed by atoms with Crippen molar-refractivity contribution in [1.82, 2.24) is 9.55 Å². The number of nitrogens with zero attached hydrogens (tertiary/aromatic N) is 3. The van der Waals surface area contributed by atoms with Gasteiger partial charge in [-0.25, -0.2) is 9.78 Å². The molecule has 0 fully saturated rings. The zero-order chi connectivity index (χ0) is 22.2. The molecule has 0 unspecified atom stereocenters. The van der Waals surface area contributed by atoms with E-state index >= 15 is 0 Å². The Morgan fingerprint density at radius 3 is 2.61 bits per heavy atom.